The van der Waals surface area contributed by atoms with Gasteiger partial charge in [-0.15, -0.1) is 0 Å². The van der Waals surface area contributed by atoms with Crippen LogP contribution in [0.3, 0.4) is 0 Å². The fourth-order valence-electron chi connectivity index (χ4n) is 2.94. The Morgan fingerprint density at radius 3 is 2.76 bits per heavy atom. The van der Waals surface area contributed by atoms with E-state index in [4.69, 9.17) is 5.11 Å². The van der Waals surface area contributed by atoms with Crippen molar-refractivity contribution in [3.8, 4) is 0 Å². The molecule has 2 fully saturated rings. The summed E-state index contributed by atoms with van der Waals surface area (Å²) in [5.74, 6) is 0.540. The van der Waals surface area contributed by atoms with Gasteiger partial charge in [-0.25, -0.2) is 0 Å². The van der Waals surface area contributed by atoms with E-state index in [1.165, 1.54) is 0 Å². The van der Waals surface area contributed by atoms with Crippen LogP contribution in [-0.2, 0) is 4.79 Å². The Kier molecular flexibility index (Phi) is 4.40. The quantitative estimate of drug-likeness (QED) is 0.598. The fourth-order valence-corrected chi connectivity index (χ4v) is 2.94. The minimum atomic E-state index is 0.257. The first-order valence-corrected chi connectivity index (χ1v) is 6.88. The predicted molar refractivity (Wildman–Crippen MR) is 66.6 cm³/mol. The second kappa shape index (κ2) is 5.83. The minimum Gasteiger partial charge on any atom is -0.396 e. The maximum absolute atomic E-state index is 11.9. The highest BCUT2D eigenvalue weighted by Crippen LogP contribution is 2.58. The van der Waals surface area contributed by atoms with Crippen molar-refractivity contribution in [3.63, 3.8) is 0 Å². The van der Waals surface area contributed by atoms with Crippen molar-refractivity contribution in [1.82, 2.24) is 10.6 Å². The number of aliphatic hydroxyl groups excluding tert-OH is 1. The molecule has 0 aromatic carbocycles. The number of nitrogens with one attached hydrogen (secondary N) is 2. The summed E-state index contributed by atoms with van der Waals surface area (Å²) in [5.41, 5.74) is 0.348. The van der Waals surface area contributed by atoms with Gasteiger partial charge in [0.1, 0.15) is 0 Å². The SMILES string of the molecule is O=C(NCCCCCO)C1CC12CCNCC2. The van der Waals surface area contributed by atoms with E-state index in [0.29, 0.717) is 5.41 Å². The van der Waals surface area contributed by atoms with Crippen LogP contribution >= 0.6 is 0 Å². The Bertz CT molecular complexity index is 262. The summed E-state index contributed by atoms with van der Waals surface area (Å²) in [6, 6.07) is 0. The largest absolute Gasteiger partial charge is 0.396 e. The molecule has 17 heavy (non-hydrogen) atoms. The minimum absolute atomic E-state index is 0.257. The number of carbonyl (C=O) groups excluding carboxylic acids is 1. The molecule has 1 amide bonds. The first-order valence-electron chi connectivity index (χ1n) is 6.88. The van der Waals surface area contributed by atoms with Gasteiger partial charge in [0.05, 0.1) is 0 Å². The summed E-state index contributed by atoms with van der Waals surface area (Å²) >= 11 is 0. The third-order valence-corrected chi connectivity index (χ3v) is 4.24. The van der Waals surface area contributed by atoms with Crippen molar-refractivity contribution in [2.45, 2.75) is 38.5 Å². The van der Waals surface area contributed by atoms with Crippen LogP contribution in [0.15, 0.2) is 0 Å². The van der Waals surface area contributed by atoms with Crippen LogP contribution in [-0.4, -0.2) is 37.3 Å². The first-order chi connectivity index (χ1) is 8.28. The molecule has 4 heteroatoms. The molecule has 0 bridgehead atoms. The predicted octanol–water partition coefficient (Wildman–Crippen LogP) is 0.655. The number of hydrogen-bond acceptors (Lipinski definition) is 3. The van der Waals surface area contributed by atoms with Crippen LogP contribution in [0.2, 0.25) is 0 Å². The topological polar surface area (TPSA) is 61.4 Å². The summed E-state index contributed by atoms with van der Waals surface area (Å²) in [6.45, 7) is 3.16. The summed E-state index contributed by atoms with van der Waals surface area (Å²) in [4.78, 5) is 11.9. The molecule has 1 aliphatic heterocycles. The van der Waals surface area contributed by atoms with Gasteiger partial charge in [-0.2, -0.15) is 0 Å². The van der Waals surface area contributed by atoms with E-state index in [-0.39, 0.29) is 18.4 Å². The maximum atomic E-state index is 11.9. The number of piperidine rings is 1. The molecule has 1 heterocycles. The van der Waals surface area contributed by atoms with Crippen LogP contribution < -0.4 is 10.6 Å². The lowest BCUT2D eigenvalue weighted by atomic mass is 9.92. The molecule has 2 aliphatic rings. The molecule has 0 aromatic heterocycles. The molecule has 1 spiro atoms. The maximum Gasteiger partial charge on any atom is 0.223 e. The zero-order valence-corrected chi connectivity index (χ0v) is 10.5. The number of aliphatic hydroxyl groups is 1. The van der Waals surface area contributed by atoms with E-state index >= 15 is 0 Å². The van der Waals surface area contributed by atoms with Gasteiger partial charge in [0.2, 0.25) is 5.91 Å². The van der Waals surface area contributed by atoms with E-state index in [1.54, 1.807) is 0 Å². The number of amides is 1. The molecule has 1 unspecified atom stereocenters. The van der Waals surface area contributed by atoms with E-state index in [2.05, 4.69) is 10.6 Å². The van der Waals surface area contributed by atoms with Gasteiger partial charge in [0, 0.05) is 19.1 Å². The Labute approximate surface area is 103 Å². The van der Waals surface area contributed by atoms with Gasteiger partial charge in [-0.3, -0.25) is 4.79 Å². The second-order valence-corrected chi connectivity index (χ2v) is 5.44. The van der Waals surface area contributed by atoms with Crippen molar-refractivity contribution in [2.24, 2.45) is 11.3 Å². The lowest BCUT2D eigenvalue weighted by Crippen LogP contribution is -2.34. The second-order valence-electron chi connectivity index (χ2n) is 5.44. The monoisotopic (exact) mass is 240 g/mol. The highest BCUT2D eigenvalue weighted by atomic mass is 16.2. The summed E-state index contributed by atoms with van der Waals surface area (Å²) in [7, 11) is 0. The van der Waals surface area contributed by atoms with Crippen molar-refractivity contribution in [1.29, 1.82) is 0 Å². The first kappa shape index (κ1) is 12.8. The zero-order chi connectivity index (χ0) is 12.1. The number of carbonyl (C=O) groups is 1. The normalized spacial score (nSPS) is 25.8. The standard InChI is InChI=1S/C13H24N2O2/c16-9-3-1-2-6-15-12(17)11-10-13(11)4-7-14-8-5-13/h11,14,16H,1-10H2,(H,15,17). The smallest absolute Gasteiger partial charge is 0.223 e. The van der Waals surface area contributed by atoms with Gasteiger partial charge >= 0.3 is 0 Å². The number of unbranched alkanes of at least 4 members (excludes halogenated alkanes) is 2. The summed E-state index contributed by atoms with van der Waals surface area (Å²) in [5, 5.41) is 15.0. The van der Waals surface area contributed by atoms with E-state index in [1.807, 2.05) is 0 Å². The number of rotatable bonds is 6. The lowest BCUT2D eigenvalue weighted by molar-refractivity contribution is -0.123. The molecule has 4 nitrogen and oxygen atoms in total. The highest BCUT2D eigenvalue weighted by molar-refractivity contribution is 5.82. The van der Waals surface area contributed by atoms with Crippen LogP contribution in [0.25, 0.3) is 0 Å². The lowest BCUT2D eigenvalue weighted by Gasteiger charge is -2.23. The third kappa shape index (κ3) is 3.19. The Morgan fingerprint density at radius 1 is 1.29 bits per heavy atom. The molecule has 0 aromatic rings. The molecular formula is C13H24N2O2. The van der Waals surface area contributed by atoms with Crippen LogP contribution in [0.5, 0.6) is 0 Å². The van der Waals surface area contributed by atoms with Gasteiger partial charge in [-0.05, 0) is 57.0 Å². The Balaban J connectivity index is 1.61. The van der Waals surface area contributed by atoms with Crippen LogP contribution in [0.4, 0.5) is 0 Å². The molecule has 0 radical (unpaired) electrons. The van der Waals surface area contributed by atoms with Crippen molar-refractivity contribution >= 4 is 5.91 Å². The summed E-state index contributed by atoms with van der Waals surface area (Å²) in [6.07, 6.45) is 6.24. The number of hydrogen-bond donors (Lipinski definition) is 3. The molecule has 1 aliphatic carbocycles. The molecule has 2 rings (SSSR count). The molecule has 98 valence electrons. The average molecular weight is 240 g/mol. The van der Waals surface area contributed by atoms with Gasteiger partial charge in [0.15, 0.2) is 0 Å². The zero-order valence-electron chi connectivity index (χ0n) is 10.5. The average Bonchev–Trinajstić information content (AvgIpc) is 3.03. The van der Waals surface area contributed by atoms with E-state index in [0.717, 1.165) is 58.2 Å². The van der Waals surface area contributed by atoms with E-state index in [9.17, 15) is 4.79 Å². The summed E-state index contributed by atoms with van der Waals surface area (Å²) < 4.78 is 0. The van der Waals surface area contributed by atoms with Gasteiger partial charge in [0.25, 0.3) is 0 Å². The van der Waals surface area contributed by atoms with Gasteiger partial charge < -0.3 is 15.7 Å². The Morgan fingerprint density at radius 2 is 2.06 bits per heavy atom. The van der Waals surface area contributed by atoms with Crippen LogP contribution in [0, 0.1) is 11.3 Å². The molecular weight excluding hydrogens is 216 g/mol. The molecule has 1 saturated carbocycles. The van der Waals surface area contributed by atoms with Crippen molar-refractivity contribution < 1.29 is 9.90 Å². The van der Waals surface area contributed by atoms with Crippen molar-refractivity contribution in [3.05, 3.63) is 0 Å². The van der Waals surface area contributed by atoms with Gasteiger partial charge in [-0.1, -0.05) is 0 Å². The molecule has 3 N–H and O–H groups in total. The molecule has 1 saturated heterocycles. The Hall–Kier alpha value is -0.610. The fraction of sp³-hybridized carbons (Fsp3) is 0.923. The molecule has 1 atom stereocenters. The highest BCUT2D eigenvalue weighted by Gasteiger charge is 2.57. The van der Waals surface area contributed by atoms with Crippen LogP contribution in [0.1, 0.15) is 38.5 Å². The van der Waals surface area contributed by atoms with Crippen molar-refractivity contribution in [2.75, 3.05) is 26.2 Å². The third-order valence-electron chi connectivity index (χ3n) is 4.24. The van der Waals surface area contributed by atoms with E-state index < -0.39 is 0 Å².